The fourth-order valence-electron chi connectivity index (χ4n) is 8.76. The standard InChI is InChI=1S/C29H48O7/c1-7-36-24(10-11-25(2,3)33)28(6,34)23-9-13-29(35)18-14-20(30)19-15-21(31)22(32)16-26(19,4)17(18)8-12-27(23,29)5/h14,17,19,21-24,31-35H,7-13,15-16H2,1-6H3/t17-,19-,21+,22-,23-,24+,26+,27+,28+,29+/m0/s1. The lowest BCUT2D eigenvalue weighted by atomic mass is 9.45. The Kier molecular flexibility index (Phi) is 7.15. The van der Waals surface area contributed by atoms with Crippen molar-refractivity contribution < 1.29 is 35.1 Å². The minimum absolute atomic E-state index is 0.0537. The summed E-state index contributed by atoms with van der Waals surface area (Å²) >= 11 is 0. The molecule has 3 saturated carbocycles. The van der Waals surface area contributed by atoms with Crippen LogP contribution in [0.25, 0.3) is 0 Å². The number of ether oxygens (including phenoxy) is 1. The van der Waals surface area contributed by atoms with Crippen molar-refractivity contribution in [2.24, 2.45) is 28.6 Å². The van der Waals surface area contributed by atoms with Gasteiger partial charge in [-0.25, -0.2) is 0 Å². The van der Waals surface area contributed by atoms with Crippen LogP contribution in [-0.4, -0.2) is 73.0 Å². The highest BCUT2D eigenvalue weighted by atomic mass is 16.5. The molecule has 0 aromatic heterocycles. The summed E-state index contributed by atoms with van der Waals surface area (Å²) in [6, 6.07) is 0. The Labute approximate surface area is 215 Å². The number of ketones is 1. The minimum atomic E-state index is -1.23. The maximum absolute atomic E-state index is 13.4. The van der Waals surface area contributed by atoms with Crippen molar-refractivity contribution in [1.29, 1.82) is 0 Å². The molecule has 10 atom stereocenters. The van der Waals surface area contributed by atoms with Crippen LogP contribution in [0.5, 0.6) is 0 Å². The zero-order valence-corrected chi connectivity index (χ0v) is 23.0. The van der Waals surface area contributed by atoms with E-state index < -0.39 is 45.9 Å². The molecule has 0 aromatic rings. The number of hydrogen-bond donors (Lipinski definition) is 5. The maximum Gasteiger partial charge on any atom is 0.159 e. The van der Waals surface area contributed by atoms with Crippen molar-refractivity contribution in [3.63, 3.8) is 0 Å². The van der Waals surface area contributed by atoms with E-state index >= 15 is 0 Å². The third-order valence-corrected chi connectivity index (χ3v) is 10.9. The number of aliphatic hydroxyl groups is 5. The number of allylic oxidation sites excluding steroid dienone is 1. The second-order valence-corrected chi connectivity index (χ2v) is 13.6. The smallest absolute Gasteiger partial charge is 0.159 e. The Morgan fingerprint density at radius 2 is 1.75 bits per heavy atom. The molecule has 4 rings (SSSR count). The van der Waals surface area contributed by atoms with Gasteiger partial charge in [-0.05, 0) is 108 Å². The van der Waals surface area contributed by atoms with E-state index in [0.29, 0.717) is 45.1 Å². The third-order valence-electron chi connectivity index (χ3n) is 10.9. The van der Waals surface area contributed by atoms with Gasteiger partial charge in [0.1, 0.15) is 0 Å². The van der Waals surface area contributed by atoms with E-state index in [4.69, 9.17) is 4.74 Å². The summed E-state index contributed by atoms with van der Waals surface area (Å²) in [5, 5.41) is 55.5. The lowest BCUT2D eigenvalue weighted by Gasteiger charge is -2.60. The molecule has 0 heterocycles. The first kappa shape index (κ1) is 28.2. The number of fused-ring (bicyclic) bond motifs is 5. The average molecular weight is 509 g/mol. The SMILES string of the molecule is CCO[C@H](CCC(C)(C)O)[C@](C)(O)[C@H]1CC[C@@]2(O)C3=CC(=O)[C@@H]4C[C@@H](O)[C@@H](O)C[C@]4(C)[C@H]3CC[C@]12C. The van der Waals surface area contributed by atoms with Crippen LogP contribution in [0.1, 0.15) is 92.9 Å². The van der Waals surface area contributed by atoms with E-state index in [0.717, 1.165) is 12.0 Å². The van der Waals surface area contributed by atoms with Crippen LogP contribution in [0.4, 0.5) is 0 Å². The molecule has 36 heavy (non-hydrogen) atoms. The Morgan fingerprint density at radius 1 is 1.08 bits per heavy atom. The molecule has 206 valence electrons. The summed E-state index contributed by atoms with van der Waals surface area (Å²) in [6.07, 6.45) is 3.45. The molecule has 0 bridgehead atoms. The van der Waals surface area contributed by atoms with E-state index in [1.54, 1.807) is 19.9 Å². The van der Waals surface area contributed by atoms with Crippen molar-refractivity contribution in [3.8, 4) is 0 Å². The van der Waals surface area contributed by atoms with Crippen LogP contribution in [0.3, 0.4) is 0 Å². The summed E-state index contributed by atoms with van der Waals surface area (Å²) < 4.78 is 6.04. The predicted octanol–water partition coefficient (Wildman–Crippen LogP) is 2.90. The molecular formula is C29H48O7. The van der Waals surface area contributed by atoms with Crippen molar-refractivity contribution in [1.82, 2.24) is 0 Å². The van der Waals surface area contributed by atoms with E-state index in [1.165, 1.54) is 0 Å². The average Bonchev–Trinajstić information content (AvgIpc) is 3.05. The van der Waals surface area contributed by atoms with Gasteiger partial charge in [-0.2, -0.15) is 0 Å². The van der Waals surface area contributed by atoms with Crippen molar-refractivity contribution in [3.05, 3.63) is 11.6 Å². The molecule has 4 aliphatic carbocycles. The van der Waals surface area contributed by atoms with Gasteiger partial charge < -0.3 is 30.3 Å². The first-order valence-electron chi connectivity index (χ1n) is 13.9. The van der Waals surface area contributed by atoms with Gasteiger partial charge in [0.05, 0.1) is 35.1 Å². The number of rotatable bonds is 7. The lowest BCUT2D eigenvalue weighted by molar-refractivity contribution is -0.186. The van der Waals surface area contributed by atoms with Crippen LogP contribution < -0.4 is 0 Å². The Hall–Kier alpha value is -0.830. The lowest BCUT2D eigenvalue weighted by Crippen LogP contribution is -2.63. The second kappa shape index (κ2) is 9.13. The molecule has 0 amide bonds. The second-order valence-electron chi connectivity index (χ2n) is 13.6. The maximum atomic E-state index is 13.4. The van der Waals surface area contributed by atoms with Crippen LogP contribution in [-0.2, 0) is 9.53 Å². The van der Waals surface area contributed by atoms with Crippen LogP contribution >= 0.6 is 0 Å². The molecular weight excluding hydrogens is 460 g/mol. The summed E-state index contributed by atoms with van der Waals surface area (Å²) in [7, 11) is 0. The van der Waals surface area contributed by atoms with Crippen molar-refractivity contribution >= 4 is 5.78 Å². The molecule has 0 spiro atoms. The number of hydrogen-bond acceptors (Lipinski definition) is 7. The summed E-state index contributed by atoms with van der Waals surface area (Å²) in [4.78, 5) is 13.4. The molecule has 7 heteroatoms. The first-order valence-corrected chi connectivity index (χ1v) is 13.9. The predicted molar refractivity (Wildman–Crippen MR) is 136 cm³/mol. The van der Waals surface area contributed by atoms with Gasteiger partial charge in [0.15, 0.2) is 5.78 Å². The van der Waals surface area contributed by atoms with Crippen molar-refractivity contribution in [2.45, 2.75) is 128 Å². The van der Waals surface area contributed by atoms with Gasteiger partial charge in [0, 0.05) is 17.9 Å². The molecule has 0 aromatic carbocycles. The fraction of sp³-hybridized carbons (Fsp3) is 0.897. The summed E-state index contributed by atoms with van der Waals surface area (Å²) in [5.41, 5.74) is -3.75. The van der Waals surface area contributed by atoms with E-state index in [1.807, 2.05) is 27.7 Å². The highest BCUT2D eigenvalue weighted by molar-refractivity contribution is 5.95. The van der Waals surface area contributed by atoms with Crippen LogP contribution in [0.15, 0.2) is 11.6 Å². The van der Waals surface area contributed by atoms with Gasteiger partial charge >= 0.3 is 0 Å². The molecule has 0 radical (unpaired) electrons. The van der Waals surface area contributed by atoms with Gasteiger partial charge in [-0.3, -0.25) is 4.79 Å². The normalized spacial score (nSPS) is 45.2. The number of carbonyl (C=O) groups excluding carboxylic acids is 1. The zero-order valence-electron chi connectivity index (χ0n) is 23.0. The van der Waals surface area contributed by atoms with Crippen molar-refractivity contribution in [2.75, 3.05) is 6.61 Å². The Balaban J connectivity index is 1.68. The van der Waals surface area contributed by atoms with Gasteiger partial charge in [0.25, 0.3) is 0 Å². The van der Waals surface area contributed by atoms with Gasteiger partial charge in [-0.15, -0.1) is 0 Å². The van der Waals surface area contributed by atoms with E-state index in [2.05, 4.69) is 0 Å². The third kappa shape index (κ3) is 4.22. The topological polar surface area (TPSA) is 127 Å². The van der Waals surface area contributed by atoms with Crippen LogP contribution in [0, 0.1) is 28.6 Å². The van der Waals surface area contributed by atoms with Crippen LogP contribution in [0.2, 0.25) is 0 Å². The summed E-state index contributed by atoms with van der Waals surface area (Å²) in [6.45, 7) is 11.7. The highest BCUT2D eigenvalue weighted by Gasteiger charge is 2.69. The molecule has 0 saturated heterocycles. The molecule has 7 nitrogen and oxygen atoms in total. The van der Waals surface area contributed by atoms with Gasteiger partial charge in [-0.1, -0.05) is 13.8 Å². The molecule has 3 fully saturated rings. The number of carbonyl (C=O) groups is 1. The fourth-order valence-corrected chi connectivity index (χ4v) is 8.76. The monoisotopic (exact) mass is 508 g/mol. The molecule has 5 N–H and O–H groups in total. The Bertz CT molecular complexity index is 891. The van der Waals surface area contributed by atoms with E-state index in [-0.39, 0.29) is 30.0 Å². The molecule has 4 aliphatic rings. The largest absolute Gasteiger partial charge is 0.390 e. The summed E-state index contributed by atoms with van der Waals surface area (Å²) in [5.74, 6) is -0.737. The minimum Gasteiger partial charge on any atom is -0.390 e. The Morgan fingerprint density at radius 3 is 2.36 bits per heavy atom. The highest BCUT2D eigenvalue weighted by Crippen LogP contribution is 2.68. The molecule has 0 aliphatic heterocycles. The molecule has 0 unspecified atom stereocenters. The zero-order chi connectivity index (χ0) is 26.9. The van der Waals surface area contributed by atoms with E-state index in [9.17, 15) is 30.3 Å². The first-order chi connectivity index (χ1) is 16.5. The quantitative estimate of drug-likeness (QED) is 0.358. The van der Waals surface area contributed by atoms with Gasteiger partial charge in [0.2, 0.25) is 0 Å². The number of aliphatic hydroxyl groups excluding tert-OH is 2.